The third kappa shape index (κ3) is 2.50. The lowest BCUT2D eigenvalue weighted by Gasteiger charge is -1.93. The lowest BCUT2D eigenvalue weighted by molar-refractivity contribution is 0.104. The summed E-state index contributed by atoms with van der Waals surface area (Å²) in [7, 11) is 0. The number of carbonyl (C=O) groups is 1. The Hall–Kier alpha value is -2.16. The van der Waals surface area contributed by atoms with E-state index in [0.29, 0.717) is 17.0 Å². The van der Waals surface area contributed by atoms with Gasteiger partial charge in [-0.3, -0.25) is 4.79 Å². The van der Waals surface area contributed by atoms with Crippen LogP contribution in [0.1, 0.15) is 27.4 Å². The Morgan fingerprint density at radius 2 is 1.94 bits per heavy atom. The largest absolute Gasteiger partial charge is 0.361 e. The third-order valence-corrected chi connectivity index (χ3v) is 2.51. The first-order valence-electron chi connectivity index (χ1n) is 5.39. The molecule has 1 heterocycles. The number of ketones is 1. The van der Waals surface area contributed by atoms with E-state index >= 15 is 0 Å². The fourth-order valence-corrected chi connectivity index (χ4v) is 1.65. The standard InChI is InChI=1S/C14H13NO2/c1-10-14(11(2)17-15-10)13(16)9-8-12-6-4-3-5-7-12/h3-9H,1-2H3/b9-8+. The van der Waals surface area contributed by atoms with Gasteiger partial charge in [0.2, 0.25) is 0 Å². The van der Waals surface area contributed by atoms with Gasteiger partial charge in [-0.15, -0.1) is 0 Å². The summed E-state index contributed by atoms with van der Waals surface area (Å²) in [5.74, 6) is 0.482. The van der Waals surface area contributed by atoms with Crippen molar-refractivity contribution in [2.75, 3.05) is 0 Å². The molecule has 0 fully saturated rings. The van der Waals surface area contributed by atoms with Crippen LogP contribution in [-0.2, 0) is 0 Å². The highest BCUT2D eigenvalue weighted by Gasteiger charge is 2.14. The monoisotopic (exact) mass is 227 g/mol. The van der Waals surface area contributed by atoms with E-state index in [9.17, 15) is 4.79 Å². The highest BCUT2D eigenvalue weighted by atomic mass is 16.5. The molecule has 2 aromatic rings. The smallest absolute Gasteiger partial charge is 0.191 e. The maximum absolute atomic E-state index is 11.9. The topological polar surface area (TPSA) is 43.1 Å². The van der Waals surface area contributed by atoms with E-state index in [4.69, 9.17) is 4.52 Å². The first-order chi connectivity index (χ1) is 8.18. The van der Waals surface area contributed by atoms with Gasteiger partial charge in [0, 0.05) is 0 Å². The zero-order valence-electron chi connectivity index (χ0n) is 9.81. The normalized spacial score (nSPS) is 10.9. The number of hydrogen-bond donors (Lipinski definition) is 0. The number of carbonyl (C=O) groups excluding carboxylic acids is 1. The SMILES string of the molecule is Cc1noc(C)c1C(=O)/C=C/c1ccccc1. The Kier molecular flexibility index (Phi) is 3.19. The van der Waals surface area contributed by atoms with Crippen LogP contribution >= 0.6 is 0 Å². The number of nitrogens with zero attached hydrogens (tertiary/aromatic N) is 1. The lowest BCUT2D eigenvalue weighted by atomic mass is 10.1. The van der Waals surface area contributed by atoms with Crippen molar-refractivity contribution in [1.29, 1.82) is 0 Å². The minimum absolute atomic E-state index is 0.0786. The fraction of sp³-hybridized carbons (Fsp3) is 0.143. The van der Waals surface area contributed by atoms with Gasteiger partial charge >= 0.3 is 0 Å². The van der Waals surface area contributed by atoms with Crippen molar-refractivity contribution in [1.82, 2.24) is 5.16 Å². The Morgan fingerprint density at radius 1 is 1.24 bits per heavy atom. The molecule has 0 radical (unpaired) electrons. The molecule has 17 heavy (non-hydrogen) atoms. The molecular formula is C14H13NO2. The van der Waals surface area contributed by atoms with Crippen LogP contribution in [0.2, 0.25) is 0 Å². The van der Waals surface area contributed by atoms with Crippen molar-refractivity contribution in [3.05, 3.63) is 59.0 Å². The van der Waals surface area contributed by atoms with Crippen molar-refractivity contribution in [2.45, 2.75) is 13.8 Å². The number of hydrogen-bond acceptors (Lipinski definition) is 3. The molecule has 0 saturated heterocycles. The summed E-state index contributed by atoms with van der Waals surface area (Å²) in [6.45, 7) is 3.50. The molecule has 1 aromatic heterocycles. The second kappa shape index (κ2) is 4.78. The molecule has 86 valence electrons. The van der Waals surface area contributed by atoms with Crippen LogP contribution in [0, 0.1) is 13.8 Å². The van der Waals surface area contributed by atoms with Crippen LogP contribution in [-0.4, -0.2) is 10.9 Å². The second-order valence-electron chi connectivity index (χ2n) is 3.81. The number of aromatic nitrogens is 1. The molecule has 0 aliphatic heterocycles. The summed E-state index contributed by atoms with van der Waals surface area (Å²) in [5.41, 5.74) is 2.18. The number of allylic oxidation sites excluding steroid dienone is 1. The van der Waals surface area contributed by atoms with Gasteiger partial charge in [0.25, 0.3) is 0 Å². The first-order valence-corrected chi connectivity index (χ1v) is 5.39. The molecule has 3 heteroatoms. The van der Waals surface area contributed by atoms with E-state index in [-0.39, 0.29) is 5.78 Å². The molecule has 2 rings (SSSR count). The molecule has 0 unspecified atom stereocenters. The minimum Gasteiger partial charge on any atom is -0.361 e. The van der Waals surface area contributed by atoms with E-state index in [1.807, 2.05) is 30.3 Å². The van der Waals surface area contributed by atoms with Gasteiger partial charge in [-0.25, -0.2) is 0 Å². The van der Waals surface area contributed by atoms with Gasteiger partial charge in [0.1, 0.15) is 5.76 Å². The molecular weight excluding hydrogens is 214 g/mol. The summed E-state index contributed by atoms with van der Waals surface area (Å²) in [4.78, 5) is 11.9. The average Bonchev–Trinajstić information content (AvgIpc) is 2.67. The van der Waals surface area contributed by atoms with E-state index in [1.165, 1.54) is 0 Å². The van der Waals surface area contributed by atoms with Crippen LogP contribution in [0.25, 0.3) is 6.08 Å². The van der Waals surface area contributed by atoms with Gasteiger partial charge in [0.15, 0.2) is 5.78 Å². The molecule has 0 spiro atoms. The van der Waals surface area contributed by atoms with Crippen molar-refractivity contribution in [2.24, 2.45) is 0 Å². The summed E-state index contributed by atoms with van der Waals surface area (Å²) in [6.07, 6.45) is 3.33. The molecule has 0 aliphatic rings. The predicted octanol–water partition coefficient (Wildman–Crippen LogP) is 3.19. The zero-order valence-corrected chi connectivity index (χ0v) is 9.81. The Balaban J connectivity index is 2.21. The maximum atomic E-state index is 11.9. The van der Waals surface area contributed by atoms with Crippen molar-refractivity contribution >= 4 is 11.9 Å². The van der Waals surface area contributed by atoms with Crippen LogP contribution in [0.4, 0.5) is 0 Å². The lowest BCUT2D eigenvalue weighted by Crippen LogP contribution is -1.97. The molecule has 1 aromatic carbocycles. The van der Waals surface area contributed by atoms with Crippen LogP contribution < -0.4 is 0 Å². The van der Waals surface area contributed by atoms with Gasteiger partial charge in [-0.05, 0) is 25.5 Å². The predicted molar refractivity (Wildman–Crippen MR) is 65.8 cm³/mol. The second-order valence-corrected chi connectivity index (χ2v) is 3.81. The van der Waals surface area contributed by atoms with Crippen LogP contribution in [0.15, 0.2) is 40.9 Å². The Bertz CT molecular complexity index is 533. The fourth-order valence-electron chi connectivity index (χ4n) is 1.65. The van der Waals surface area contributed by atoms with Crippen LogP contribution in [0.5, 0.6) is 0 Å². The summed E-state index contributed by atoms with van der Waals surface area (Å²) >= 11 is 0. The maximum Gasteiger partial charge on any atom is 0.191 e. The van der Waals surface area contributed by atoms with Gasteiger partial charge in [-0.2, -0.15) is 0 Å². The highest BCUT2D eigenvalue weighted by molar-refractivity contribution is 6.08. The van der Waals surface area contributed by atoms with E-state index in [1.54, 1.807) is 26.0 Å². The van der Waals surface area contributed by atoms with Crippen molar-refractivity contribution in [3.8, 4) is 0 Å². The third-order valence-electron chi connectivity index (χ3n) is 2.51. The van der Waals surface area contributed by atoms with Crippen molar-refractivity contribution < 1.29 is 9.32 Å². The molecule has 0 N–H and O–H groups in total. The van der Waals surface area contributed by atoms with E-state index < -0.39 is 0 Å². The Labute approximate surface area is 99.8 Å². The molecule has 0 atom stereocenters. The first kappa shape index (κ1) is 11.3. The summed E-state index contributed by atoms with van der Waals surface area (Å²) in [6, 6.07) is 9.68. The molecule has 0 bridgehead atoms. The Morgan fingerprint density at radius 3 is 2.53 bits per heavy atom. The molecule has 0 saturated carbocycles. The summed E-state index contributed by atoms with van der Waals surface area (Å²) < 4.78 is 4.96. The molecule has 0 amide bonds. The zero-order chi connectivity index (χ0) is 12.3. The van der Waals surface area contributed by atoms with Crippen LogP contribution in [0.3, 0.4) is 0 Å². The van der Waals surface area contributed by atoms with Gasteiger partial charge in [0.05, 0.1) is 11.3 Å². The van der Waals surface area contributed by atoms with E-state index in [0.717, 1.165) is 5.56 Å². The quantitative estimate of drug-likeness (QED) is 0.597. The van der Waals surface area contributed by atoms with Gasteiger partial charge < -0.3 is 4.52 Å². The number of rotatable bonds is 3. The van der Waals surface area contributed by atoms with E-state index in [2.05, 4.69) is 5.16 Å². The molecule has 3 nitrogen and oxygen atoms in total. The molecule has 0 aliphatic carbocycles. The number of aryl methyl sites for hydroxylation is 2. The van der Waals surface area contributed by atoms with Crippen molar-refractivity contribution in [3.63, 3.8) is 0 Å². The number of benzene rings is 1. The summed E-state index contributed by atoms with van der Waals surface area (Å²) in [5, 5.41) is 3.76. The average molecular weight is 227 g/mol. The highest BCUT2D eigenvalue weighted by Crippen LogP contribution is 2.14. The minimum atomic E-state index is -0.0786. The van der Waals surface area contributed by atoms with Gasteiger partial charge in [-0.1, -0.05) is 41.6 Å².